The van der Waals surface area contributed by atoms with Gasteiger partial charge in [0.25, 0.3) is 5.91 Å². The topological polar surface area (TPSA) is 109 Å². The molecule has 1 amide bonds. The quantitative estimate of drug-likeness (QED) is 0.532. The first-order valence-corrected chi connectivity index (χ1v) is 11.2. The summed E-state index contributed by atoms with van der Waals surface area (Å²) in [6, 6.07) is 0. The van der Waals surface area contributed by atoms with Crippen LogP contribution in [0.25, 0.3) is 0 Å². The van der Waals surface area contributed by atoms with Crippen molar-refractivity contribution in [2.45, 2.75) is 31.4 Å². The monoisotopic (exact) mass is 493 g/mol. The zero-order chi connectivity index (χ0) is 24.8. The Morgan fingerprint density at radius 2 is 1.97 bits per heavy atom. The molecule has 0 aromatic carbocycles. The zero-order valence-corrected chi connectivity index (χ0v) is 19.1. The van der Waals surface area contributed by atoms with E-state index < -0.39 is 11.7 Å². The molecule has 0 unspecified atom stereocenters. The summed E-state index contributed by atoms with van der Waals surface area (Å²) in [4.78, 5) is 27.6. The van der Waals surface area contributed by atoms with E-state index in [9.17, 15) is 18.0 Å². The minimum atomic E-state index is -4.64. The maximum absolute atomic E-state index is 13.5. The van der Waals surface area contributed by atoms with Crippen LogP contribution < -0.4 is 10.6 Å². The number of halogens is 3. The lowest BCUT2D eigenvalue weighted by molar-refractivity contribution is -0.137. The van der Waals surface area contributed by atoms with Crippen molar-refractivity contribution in [3.05, 3.63) is 48.6 Å². The van der Waals surface area contributed by atoms with E-state index >= 15 is 0 Å². The van der Waals surface area contributed by atoms with Crippen molar-refractivity contribution in [2.75, 3.05) is 43.9 Å². The lowest BCUT2D eigenvalue weighted by atomic mass is 9.97. The Bertz CT molecular complexity index is 1080. The molecular formula is C22H26F3N7O3. The second kappa shape index (κ2) is 10.8. The summed E-state index contributed by atoms with van der Waals surface area (Å²) in [7, 11) is 2.06. The molecule has 2 aliphatic rings. The number of nitrogens with one attached hydrogen (secondary N) is 2. The summed E-state index contributed by atoms with van der Waals surface area (Å²) < 4.78 is 51.1. The Hall–Kier alpha value is -3.61. The van der Waals surface area contributed by atoms with E-state index in [2.05, 4.69) is 37.5 Å². The number of hydrogen-bond donors (Lipinski definition) is 2. The predicted octanol–water partition coefficient (Wildman–Crippen LogP) is 3.68. The van der Waals surface area contributed by atoms with Gasteiger partial charge in [0.15, 0.2) is 5.89 Å². The molecule has 2 aromatic heterocycles. The van der Waals surface area contributed by atoms with Gasteiger partial charge in [0.1, 0.15) is 17.6 Å². The number of ether oxygens (including phenoxy) is 1. The molecule has 188 valence electrons. The first-order chi connectivity index (χ1) is 16.8. The van der Waals surface area contributed by atoms with Gasteiger partial charge in [-0.2, -0.15) is 18.2 Å². The van der Waals surface area contributed by atoms with Crippen LogP contribution in [0.15, 0.2) is 41.6 Å². The largest absolute Gasteiger partial charge is 0.471 e. The number of likely N-dealkylation sites (tertiary alicyclic amines) is 1. The number of nitrogens with zero attached hydrogens (tertiary/aromatic N) is 5. The molecule has 35 heavy (non-hydrogen) atoms. The molecule has 2 aliphatic heterocycles. The third-order valence-electron chi connectivity index (χ3n) is 5.68. The molecule has 0 aliphatic carbocycles. The smallest absolute Gasteiger partial charge is 0.421 e. The van der Waals surface area contributed by atoms with Crippen molar-refractivity contribution in [1.29, 1.82) is 0 Å². The van der Waals surface area contributed by atoms with Crippen LogP contribution in [0.3, 0.4) is 0 Å². The fourth-order valence-electron chi connectivity index (χ4n) is 3.75. The highest BCUT2D eigenvalue weighted by Gasteiger charge is 2.35. The number of oxazole rings is 1. The molecule has 10 nitrogen and oxygen atoms in total. The van der Waals surface area contributed by atoms with Gasteiger partial charge in [-0.25, -0.2) is 9.97 Å². The van der Waals surface area contributed by atoms with Crippen molar-refractivity contribution in [3.8, 4) is 0 Å². The SMILES string of the molecule is CN1CCC(c2ncc(Nc3ncc(C(F)(F)F)c(NCCCN4C=COC=CC4=O)n3)o2)CC1. The molecule has 1 fully saturated rings. The Balaban J connectivity index is 1.39. The van der Waals surface area contributed by atoms with Crippen LogP contribution in [0.4, 0.5) is 30.8 Å². The first kappa shape index (κ1) is 24.5. The van der Waals surface area contributed by atoms with Crippen molar-refractivity contribution < 1.29 is 27.1 Å². The number of aromatic nitrogens is 3. The predicted molar refractivity (Wildman–Crippen MR) is 120 cm³/mol. The number of carbonyl (C=O) groups is 1. The molecule has 4 rings (SSSR count). The van der Waals surface area contributed by atoms with Crippen LogP contribution in [0.1, 0.15) is 36.6 Å². The molecule has 0 saturated carbocycles. The van der Waals surface area contributed by atoms with E-state index in [4.69, 9.17) is 9.15 Å². The van der Waals surface area contributed by atoms with Crippen LogP contribution in [0.2, 0.25) is 0 Å². The summed E-state index contributed by atoms with van der Waals surface area (Å²) in [6.45, 7) is 2.31. The van der Waals surface area contributed by atoms with Gasteiger partial charge in [-0.3, -0.25) is 10.1 Å². The van der Waals surface area contributed by atoms with Crippen LogP contribution in [0, 0.1) is 0 Å². The maximum atomic E-state index is 13.5. The second-order valence-corrected chi connectivity index (χ2v) is 8.25. The van der Waals surface area contributed by atoms with E-state index in [0.717, 1.165) is 32.1 Å². The number of rotatable bonds is 8. The zero-order valence-electron chi connectivity index (χ0n) is 19.1. The van der Waals surface area contributed by atoms with Crippen LogP contribution in [-0.4, -0.2) is 63.9 Å². The highest BCUT2D eigenvalue weighted by atomic mass is 19.4. The molecule has 1 saturated heterocycles. The number of alkyl halides is 3. The van der Waals surface area contributed by atoms with E-state index in [1.165, 1.54) is 35.9 Å². The van der Waals surface area contributed by atoms with Gasteiger partial charge < -0.3 is 24.3 Å². The summed E-state index contributed by atoms with van der Waals surface area (Å²) in [5.41, 5.74) is -0.991. The number of piperidine rings is 1. The highest BCUT2D eigenvalue weighted by Crippen LogP contribution is 2.34. The molecular weight excluding hydrogens is 467 g/mol. The Kier molecular flexibility index (Phi) is 7.54. The highest BCUT2D eigenvalue weighted by molar-refractivity contribution is 5.88. The molecule has 13 heteroatoms. The number of hydrogen-bond acceptors (Lipinski definition) is 9. The molecule has 0 radical (unpaired) electrons. The second-order valence-electron chi connectivity index (χ2n) is 8.25. The molecule has 0 bridgehead atoms. The average Bonchev–Trinajstić information content (AvgIpc) is 3.18. The number of amides is 1. The van der Waals surface area contributed by atoms with Crippen molar-refractivity contribution >= 4 is 23.6 Å². The van der Waals surface area contributed by atoms with Gasteiger partial charge in [0.05, 0.1) is 12.5 Å². The summed E-state index contributed by atoms with van der Waals surface area (Å²) in [6.07, 6.45) is 5.10. The molecule has 2 aromatic rings. The lowest BCUT2D eigenvalue weighted by Gasteiger charge is -2.26. The Morgan fingerprint density at radius 1 is 1.17 bits per heavy atom. The summed E-state index contributed by atoms with van der Waals surface area (Å²) in [5.74, 6) is 0.329. The Morgan fingerprint density at radius 3 is 2.74 bits per heavy atom. The minimum absolute atomic E-state index is 0.0560. The van der Waals surface area contributed by atoms with Gasteiger partial charge in [0.2, 0.25) is 11.8 Å². The lowest BCUT2D eigenvalue weighted by Crippen LogP contribution is -2.29. The third kappa shape index (κ3) is 6.50. The van der Waals surface area contributed by atoms with Gasteiger partial charge >= 0.3 is 6.18 Å². The standard InChI is InChI=1S/C22H26F3N7O3/c1-31-8-3-15(4-9-31)20-27-14-17(35-20)29-21-28-13-16(22(23,24)25)19(30-21)26-6-2-7-32-10-12-34-11-5-18(32)33/h5,10-15H,2-4,6-9H2,1H3,(H2,26,28,29,30). The fourth-order valence-corrected chi connectivity index (χ4v) is 3.75. The van der Waals surface area contributed by atoms with Crippen LogP contribution in [0.5, 0.6) is 0 Å². The van der Waals surface area contributed by atoms with Crippen molar-refractivity contribution in [1.82, 2.24) is 24.8 Å². The van der Waals surface area contributed by atoms with E-state index in [-0.39, 0.29) is 42.6 Å². The number of carbonyl (C=O) groups excluding carboxylic acids is 1. The first-order valence-electron chi connectivity index (χ1n) is 11.2. The van der Waals surface area contributed by atoms with Crippen molar-refractivity contribution in [3.63, 3.8) is 0 Å². The molecule has 0 atom stereocenters. The summed E-state index contributed by atoms with van der Waals surface area (Å²) >= 11 is 0. The Labute approximate surface area is 199 Å². The molecule has 4 heterocycles. The third-order valence-corrected chi connectivity index (χ3v) is 5.68. The van der Waals surface area contributed by atoms with Gasteiger partial charge in [-0.15, -0.1) is 0 Å². The van der Waals surface area contributed by atoms with E-state index in [1.54, 1.807) is 0 Å². The fraction of sp³-hybridized carbons (Fsp3) is 0.455. The van der Waals surface area contributed by atoms with Gasteiger partial charge in [-0.1, -0.05) is 0 Å². The van der Waals surface area contributed by atoms with Crippen molar-refractivity contribution in [2.24, 2.45) is 0 Å². The van der Waals surface area contributed by atoms with Crippen LogP contribution >= 0.6 is 0 Å². The maximum Gasteiger partial charge on any atom is 0.421 e. The normalized spacial score (nSPS) is 17.4. The number of anilines is 3. The minimum Gasteiger partial charge on any atom is -0.471 e. The van der Waals surface area contributed by atoms with E-state index in [1.807, 2.05) is 0 Å². The average molecular weight is 493 g/mol. The van der Waals surface area contributed by atoms with Crippen LogP contribution in [-0.2, 0) is 15.7 Å². The van der Waals surface area contributed by atoms with Gasteiger partial charge in [0, 0.05) is 37.5 Å². The van der Waals surface area contributed by atoms with E-state index in [0.29, 0.717) is 12.3 Å². The molecule has 2 N–H and O–H groups in total. The molecule has 0 spiro atoms. The van der Waals surface area contributed by atoms with Gasteiger partial charge in [-0.05, 0) is 39.4 Å². The summed E-state index contributed by atoms with van der Waals surface area (Å²) in [5, 5.41) is 5.50.